The molecule has 2 heterocycles. The van der Waals surface area contributed by atoms with Gasteiger partial charge < -0.3 is 26.0 Å². The van der Waals surface area contributed by atoms with Gasteiger partial charge in [-0.25, -0.2) is 9.97 Å². The number of methoxy groups -OCH3 is 1. The van der Waals surface area contributed by atoms with E-state index in [1.54, 1.807) is 30.3 Å². The summed E-state index contributed by atoms with van der Waals surface area (Å²) in [7, 11) is 1.53. The van der Waals surface area contributed by atoms with Gasteiger partial charge in [0.05, 0.1) is 12.2 Å². The van der Waals surface area contributed by atoms with Gasteiger partial charge in [0.15, 0.2) is 11.5 Å². The van der Waals surface area contributed by atoms with Crippen molar-refractivity contribution in [1.82, 2.24) is 25.1 Å². The predicted octanol–water partition coefficient (Wildman–Crippen LogP) is 4.94. The summed E-state index contributed by atoms with van der Waals surface area (Å²) >= 11 is 0. The number of hydrogen-bond donors (Lipinski definition) is 4. The van der Waals surface area contributed by atoms with Crippen LogP contribution in [0.5, 0.6) is 0 Å². The van der Waals surface area contributed by atoms with E-state index >= 15 is 0 Å². The molecule has 0 bridgehead atoms. The van der Waals surface area contributed by atoms with Crippen LogP contribution in [0.2, 0.25) is 0 Å². The molecule has 224 valence electrons. The number of amides is 2. The van der Waals surface area contributed by atoms with Crippen molar-refractivity contribution in [3.05, 3.63) is 83.3 Å². The van der Waals surface area contributed by atoms with Crippen molar-refractivity contribution in [2.75, 3.05) is 36.2 Å². The number of aromatic nitrogens is 4. The van der Waals surface area contributed by atoms with Crippen LogP contribution in [0.1, 0.15) is 44.8 Å². The van der Waals surface area contributed by atoms with Gasteiger partial charge in [-0.2, -0.15) is 23.0 Å². The third kappa shape index (κ3) is 7.46. The van der Waals surface area contributed by atoms with Crippen LogP contribution in [-0.2, 0) is 10.9 Å². The fraction of sp³-hybridized carbons (Fsp3) is 0.276. The zero-order valence-electron chi connectivity index (χ0n) is 23.3. The molecule has 11 nitrogen and oxygen atoms in total. The number of nitrogens with one attached hydrogen (secondary N) is 4. The number of benzene rings is 2. The van der Waals surface area contributed by atoms with Crippen molar-refractivity contribution in [2.24, 2.45) is 0 Å². The number of ether oxygens (including phenoxy) is 1. The molecule has 2 amide bonds. The minimum atomic E-state index is -4.57. The van der Waals surface area contributed by atoms with Crippen LogP contribution in [-0.4, -0.2) is 57.9 Å². The molecule has 0 spiro atoms. The lowest BCUT2D eigenvalue weighted by Gasteiger charge is -2.14. The van der Waals surface area contributed by atoms with Crippen LogP contribution >= 0.6 is 0 Å². The molecule has 1 aliphatic rings. The molecule has 2 aromatic carbocycles. The number of halogens is 3. The van der Waals surface area contributed by atoms with Gasteiger partial charge in [0.25, 0.3) is 11.8 Å². The van der Waals surface area contributed by atoms with E-state index in [1.807, 2.05) is 6.92 Å². The van der Waals surface area contributed by atoms with Crippen LogP contribution in [0, 0.1) is 6.92 Å². The van der Waals surface area contributed by atoms with E-state index in [2.05, 4.69) is 36.3 Å². The highest BCUT2D eigenvalue weighted by atomic mass is 19.4. The molecule has 2 aromatic heterocycles. The van der Waals surface area contributed by atoms with E-state index in [4.69, 9.17) is 4.74 Å². The van der Waals surface area contributed by atoms with Gasteiger partial charge in [0.2, 0.25) is 0 Å². The monoisotopic (exact) mass is 594 g/mol. The number of hydrogen-bond acceptors (Lipinski definition) is 8. The second-order valence-corrected chi connectivity index (χ2v) is 9.94. The van der Waals surface area contributed by atoms with Crippen molar-refractivity contribution >= 4 is 34.8 Å². The number of carbonyl (C=O) groups is 2. The molecular weight excluding hydrogens is 565 g/mol. The smallest absolute Gasteiger partial charge is 0.383 e. The summed E-state index contributed by atoms with van der Waals surface area (Å²) in [5.41, 5.74) is 0.764. The number of alkyl halides is 3. The van der Waals surface area contributed by atoms with Gasteiger partial charge in [-0.15, -0.1) is 0 Å². The van der Waals surface area contributed by atoms with Crippen molar-refractivity contribution in [2.45, 2.75) is 32.0 Å². The number of aryl methyl sites for hydroxylation is 1. The molecule has 4 N–H and O–H groups in total. The van der Waals surface area contributed by atoms with Gasteiger partial charge in [-0.3, -0.25) is 9.59 Å². The van der Waals surface area contributed by atoms with Crippen LogP contribution in [0.15, 0.2) is 60.9 Å². The molecule has 1 aliphatic carbocycles. The van der Waals surface area contributed by atoms with Gasteiger partial charge >= 0.3 is 6.18 Å². The molecule has 43 heavy (non-hydrogen) atoms. The Balaban J connectivity index is 1.42. The lowest BCUT2D eigenvalue weighted by atomic mass is 10.1. The third-order valence-electron chi connectivity index (χ3n) is 6.54. The fourth-order valence-electron chi connectivity index (χ4n) is 4.10. The summed E-state index contributed by atoms with van der Waals surface area (Å²) < 4.78 is 45.9. The number of nitrogens with zero attached hydrogens (tertiary/aromatic N) is 4. The number of anilines is 4. The van der Waals surface area contributed by atoms with Crippen LogP contribution < -0.4 is 21.3 Å². The molecule has 0 saturated heterocycles. The topological polar surface area (TPSA) is 135 Å². The molecule has 0 aliphatic heterocycles. The first-order valence-corrected chi connectivity index (χ1v) is 13.4. The van der Waals surface area contributed by atoms with Gasteiger partial charge in [0.1, 0.15) is 18.0 Å². The Hall–Kier alpha value is -4.98. The highest BCUT2D eigenvalue weighted by molar-refractivity contribution is 6.04. The summed E-state index contributed by atoms with van der Waals surface area (Å²) in [5, 5.41) is 16.4. The van der Waals surface area contributed by atoms with E-state index in [9.17, 15) is 22.8 Å². The van der Waals surface area contributed by atoms with E-state index in [-0.39, 0.29) is 11.3 Å². The largest absolute Gasteiger partial charge is 0.416 e. The zero-order chi connectivity index (χ0) is 30.6. The second-order valence-electron chi connectivity index (χ2n) is 9.94. The van der Waals surface area contributed by atoms with Gasteiger partial charge in [-0.05, 0) is 55.7 Å². The number of rotatable bonds is 11. The predicted molar refractivity (Wildman–Crippen MR) is 154 cm³/mol. The lowest BCUT2D eigenvalue weighted by molar-refractivity contribution is -0.137. The molecular formula is C29H29F3N8O3. The summed E-state index contributed by atoms with van der Waals surface area (Å²) in [4.78, 5) is 34.2. The average molecular weight is 595 g/mol. The highest BCUT2D eigenvalue weighted by Crippen LogP contribution is 2.31. The summed E-state index contributed by atoms with van der Waals surface area (Å²) in [6, 6.07) is 12.9. The van der Waals surface area contributed by atoms with Crippen molar-refractivity contribution < 1.29 is 27.5 Å². The van der Waals surface area contributed by atoms with E-state index in [0.717, 1.165) is 30.5 Å². The van der Waals surface area contributed by atoms with Crippen LogP contribution in [0.4, 0.5) is 36.2 Å². The Morgan fingerprint density at radius 2 is 1.86 bits per heavy atom. The minimum absolute atomic E-state index is 0.126. The minimum Gasteiger partial charge on any atom is -0.383 e. The number of carbonyl (C=O) groups excluding carboxylic acids is 2. The standard InChI is InChI=1S/C29H29F3N8O3/c1-17-6-7-21(37-27(41)18-4-3-5-19(12-18)29(30,31)32)13-22(17)38-26-14-23(28(42)33-10-11-43-2)39-40(26)25-15-24(34-16-35-25)36-20-8-9-20/h3-7,12-16,20,38H,8-11H2,1-2H3,(H,33,42)(H,37,41)(H,34,35,36). The maximum absolute atomic E-state index is 13.1. The maximum Gasteiger partial charge on any atom is 0.416 e. The summed E-state index contributed by atoms with van der Waals surface area (Å²) in [6.07, 6.45) is -1.06. The fourth-order valence-corrected chi connectivity index (χ4v) is 4.10. The first-order valence-electron chi connectivity index (χ1n) is 13.4. The maximum atomic E-state index is 13.1. The Bertz CT molecular complexity index is 1640. The Kier molecular flexibility index (Phi) is 8.57. The zero-order valence-corrected chi connectivity index (χ0v) is 23.3. The Morgan fingerprint density at radius 1 is 1.05 bits per heavy atom. The first-order chi connectivity index (χ1) is 20.6. The molecule has 0 unspecified atom stereocenters. The van der Waals surface area contributed by atoms with Crippen LogP contribution in [0.25, 0.3) is 5.82 Å². The highest BCUT2D eigenvalue weighted by Gasteiger charge is 2.31. The van der Waals surface area contributed by atoms with Gasteiger partial charge in [0, 0.05) is 48.8 Å². The normalized spacial score (nSPS) is 13.0. The van der Waals surface area contributed by atoms with Crippen molar-refractivity contribution in [3.63, 3.8) is 0 Å². The molecule has 0 radical (unpaired) electrons. The van der Waals surface area contributed by atoms with Crippen molar-refractivity contribution in [1.29, 1.82) is 0 Å². The molecule has 1 fully saturated rings. The summed E-state index contributed by atoms with van der Waals surface area (Å²) in [5.74, 6) is 0.317. The van der Waals surface area contributed by atoms with E-state index in [0.29, 0.717) is 48.0 Å². The van der Waals surface area contributed by atoms with Gasteiger partial charge in [-0.1, -0.05) is 12.1 Å². The molecule has 1 saturated carbocycles. The second kappa shape index (κ2) is 12.5. The van der Waals surface area contributed by atoms with E-state index < -0.39 is 23.6 Å². The van der Waals surface area contributed by atoms with E-state index in [1.165, 1.54) is 30.3 Å². The molecule has 5 rings (SSSR count). The molecule has 14 heteroatoms. The van der Waals surface area contributed by atoms with Crippen LogP contribution in [0.3, 0.4) is 0 Å². The summed E-state index contributed by atoms with van der Waals surface area (Å²) in [6.45, 7) is 2.46. The lowest BCUT2D eigenvalue weighted by Crippen LogP contribution is -2.27. The quantitative estimate of drug-likeness (QED) is 0.180. The Labute approximate surface area is 244 Å². The molecule has 0 atom stereocenters. The average Bonchev–Trinajstić information content (AvgIpc) is 3.70. The first kappa shape index (κ1) is 29.5. The third-order valence-corrected chi connectivity index (χ3v) is 6.54. The molecule has 4 aromatic rings. The SMILES string of the molecule is COCCNC(=O)c1cc(Nc2cc(NC(=O)c3cccc(C(F)(F)F)c3)ccc2C)n(-c2cc(NC3CC3)ncn2)n1. The Morgan fingerprint density at radius 3 is 2.60 bits per heavy atom. The van der Waals surface area contributed by atoms with Crippen molar-refractivity contribution in [3.8, 4) is 5.82 Å².